The molecule has 20 heavy (non-hydrogen) atoms. The van der Waals surface area contributed by atoms with E-state index in [1.54, 1.807) is 6.33 Å². The fourth-order valence-electron chi connectivity index (χ4n) is 2.76. The molecule has 0 N–H and O–H groups in total. The number of carbonyl (C=O) groups excluding carboxylic acids is 1. The van der Waals surface area contributed by atoms with Crippen molar-refractivity contribution in [1.29, 1.82) is 0 Å². The highest BCUT2D eigenvalue weighted by Gasteiger charge is 2.37. The number of nitrogens with zero attached hydrogens (tertiary/aromatic N) is 4. The molecule has 1 heterocycles. The summed E-state index contributed by atoms with van der Waals surface area (Å²) in [7, 11) is 3.95. The molecule has 0 saturated carbocycles. The Balaban J connectivity index is 2.92. The summed E-state index contributed by atoms with van der Waals surface area (Å²) in [6, 6.07) is 0. The first-order valence-electron chi connectivity index (χ1n) is 7.44. The van der Waals surface area contributed by atoms with Crippen LogP contribution in [0.5, 0.6) is 0 Å². The van der Waals surface area contributed by atoms with Crippen molar-refractivity contribution in [1.82, 2.24) is 19.7 Å². The van der Waals surface area contributed by atoms with Crippen LogP contribution in [0.25, 0.3) is 0 Å². The second kappa shape index (κ2) is 6.97. The molecule has 0 radical (unpaired) electrons. The van der Waals surface area contributed by atoms with Gasteiger partial charge in [-0.05, 0) is 32.9 Å². The minimum atomic E-state index is -0.394. The lowest BCUT2D eigenvalue weighted by Crippen LogP contribution is -2.51. The van der Waals surface area contributed by atoms with E-state index in [0.717, 1.165) is 25.2 Å². The van der Waals surface area contributed by atoms with E-state index in [1.807, 2.05) is 23.7 Å². The summed E-state index contributed by atoms with van der Waals surface area (Å²) < 4.78 is 1.86. The van der Waals surface area contributed by atoms with Gasteiger partial charge in [0.15, 0.2) is 5.78 Å². The molecule has 0 spiro atoms. The summed E-state index contributed by atoms with van der Waals surface area (Å²) in [5, 5.41) is 4.23. The molecule has 0 saturated heterocycles. The minimum Gasteiger partial charge on any atom is -0.297 e. The molecule has 0 aliphatic rings. The van der Waals surface area contributed by atoms with E-state index >= 15 is 0 Å². The topological polar surface area (TPSA) is 51.0 Å². The Labute approximate surface area is 122 Å². The second-order valence-corrected chi connectivity index (χ2v) is 5.99. The Bertz CT molecular complexity index is 433. The maximum absolute atomic E-state index is 12.8. The number of ketones is 1. The van der Waals surface area contributed by atoms with Crippen molar-refractivity contribution >= 4 is 5.78 Å². The van der Waals surface area contributed by atoms with Gasteiger partial charge in [0.1, 0.15) is 12.2 Å². The highest BCUT2D eigenvalue weighted by atomic mass is 16.1. The number of hydrogen-bond donors (Lipinski definition) is 0. The monoisotopic (exact) mass is 280 g/mol. The first kappa shape index (κ1) is 16.8. The SMILES string of the molecule is CCC(CC)(C(=O)Cc1ncnn1CC(C)C)N(C)C. The highest BCUT2D eigenvalue weighted by Crippen LogP contribution is 2.24. The zero-order valence-corrected chi connectivity index (χ0v) is 13.7. The lowest BCUT2D eigenvalue weighted by Gasteiger charge is -2.37. The lowest BCUT2D eigenvalue weighted by molar-refractivity contribution is -0.129. The van der Waals surface area contributed by atoms with Gasteiger partial charge in [0.25, 0.3) is 0 Å². The maximum atomic E-state index is 12.8. The Kier molecular flexibility index (Phi) is 5.87. The summed E-state index contributed by atoms with van der Waals surface area (Å²) in [5.74, 6) is 1.49. The van der Waals surface area contributed by atoms with E-state index < -0.39 is 5.54 Å². The zero-order valence-electron chi connectivity index (χ0n) is 13.7. The van der Waals surface area contributed by atoms with E-state index in [2.05, 4.69) is 37.8 Å². The molecule has 0 aromatic carbocycles. The fourth-order valence-corrected chi connectivity index (χ4v) is 2.76. The van der Waals surface area contributed by atoms with Crippen LogP contribution in [0, 0.1) is 5.92 Å². The van der Waals surface area contributed by atoms with Crippen molar-refractivity contribution in [2.45, 2.75) is 59.0 Å². The van der Waals surface area contributed by atoms with Crippen molar-refractivity contribution in [3.63, 3.8) is 0 Å². The predicted molar refractivity (Wildman–Crippen MR) is 80.6 cm³/mol. The largest absolute Gasteiger partial charge is 0.297 e. The Morgan fingerprint density at radius 3 is 2.40 bits per heavy atom. The first-order chi connectivity index (χ1) is 9.37. The quantitative estimate of drug-likeness (QED) is 0.732. The van der Waals surface area contributed by atoms with Gasteiger partial charge in [0, 0.05) is 6.54 Å². The molecule has 1 rings (SSSR count). The third-order valence-corrected chi connectivity index (χ3v) is 4.10. The van der Waals surface area contributed by atoms with E-state index in [1.165, 1.54) is 0 Å². The molecule has 0 fully saturated rings. The molecule has 5 heteroatoms. The van der Waals surface area contributed by atoms with Crippen molar-refractivity contribution in [3.8, 4) is 0 Å². The molecular weight excluding hydrogens is 252 g/mol. The number of hydrogen-bond acceptors (Lipinski definition) is 4. The number of Topliss-reactive ketones (excluding diaryl/α,β-unsaturated/α-hetero) is 1. The summed E-state index contributed by atoms with van der Waals surface area (Å²) in [6.45, 7) is 9.21. The Morgan fingerprint density at radius 2 is 1.95 bits per heavy atom. The van der Waals surface area contributed by atoms with Gasteiger partial charge in [0.2, 0.25) is 0 Å². The van der Waals surface area contributed by atoms with Gasteiger partial charge < -0.3 is 0 Å². The lowest BCUT2D eigenvalue weighted by atomic mass is 9.85. The van der Waals surface area contributed by atoms with Crippen molar-refractivity contribution in [3.05, 3.63) is 12.2 Å². The molecule has 114 valence electrons. The molecule has 0 bridgehead atoms. The minimum absolute atomic E-state index is 0.227. The van der Waals surface area contributed by atoms with Crippen LogP contribution in [0.4, 0.5) is 0 Å². The van der Waals surface area contributed by atoms with E-state index in [9.17, 15) is 4.79 Å². The molecule has 0 aliphatic heterocycles. The molecular formula is C15H28N4O. The van der Waals surface area contributed by atoms with Crippen LogP contribution < -0.4 is 0 Å². The smallest absolute Gasteiger partial charge is 0.160 e. The molecule has 5 nitrogen and oxygen atoms in total. The number of carbonyl (C=O) groups is 1. The van der Waals surface area contributed by atoms with Crippen LogP contribution in [0.3, 0.4) is 0 Å². The van der Waals surface area contributed by atoms with Crippen molar-refractivity contribution in [2.75, 3.05) is 14.1 Å². The van der Waals surface area contributed by atoms with Gasteiger partial charge in [-0.2, -0.15) is 5.10 Å². The second-order valence-electron chi connectivity index (χ2n) is 5.99. The third-order valence-electron chi connectivity index (χ3n) is 4.10. The van der Waals surface area contributed by atoms with Crippen LogP contribution in [0.15, 0.2) is 6.33 Å². The Hall–Kier alpha value is -1.23. The van der Waals surface area contributed by atoms with E-state index in [-0.39, 0.29) is 5.78 Å². The summed E-state index contributed by atoms with van der Waals surface area (Å²) in [5.41, 5.74) is -0.394. The van der Waals surface area contributed by atoms with Gasteiger partial charge in [0.05, 0.1) is 12.0 Å². The summed E-state index contributed by atoms with van der Waals surface area (Å²) >= 11 is 0. The van der Waals surface area contributed by atoms with E-state index in [0.29, 0.717) is 12.3 Å². The van der Waals surface area contributed by atoms with Gasteiger partial charge in [-0.15, -0.1) is 0 Å². The molecule has 1 aromatic heterocycles. The van der Waals surface area contributed by atoms with Gasteiger partial charge in [-0.3, -0.25) is 9.69 Å². The Morgan fingerprint density at radius 1 is 1.35 bits per heavy atom. The average Bonchev–Trinajstić information content (AvgIpc) is 2.77. The third kappa shape index (κ3) is 3.45. The molecule has 1 aromatic rings. The first-order valence-corrected chi connectivity index (χ1v) is 7.44. The van der Waals surface area contributed by atoms with Gasteiger partial charge >= 0.3 is 0 Å². The van der Waals surface area contributed by atoms with Crippen LogP contribution in [-0.2, 0) is 17.8 Å². The average molecular weight is 280 g/mol. The number of rotatable bonds is 8. The summed E-state index contributed by atoms with van der Waals surface area (Å²) in [4.78, 5) is 19.1. The standard InChI is InChI=1S/C15H28N4O/c1-7-15(8-2,18(5)6)13(20)9-14-16-11-17-19(14)10-12(3)4/h11-12H,7-10H2,1-6H3. The number of likely N-dealkylation sites (N-methyl/N-ethyl adjacent to an activating group) is 1. The van der Waals surface area contributed by atoms with Crippen molar-refractivity contribution in [2.24, 2.45) is 5.92 Å². The molecule has 0 aliphatic carbocycles. The molecule has 0 atom stereocenters. The van der Waals surface area contributed by atoms with E-state index in [4.69, 9.17) is 0 Å². The number of aromatic nitrogens is 3. The van der Waals surface area contributed by atoms with Crippen LogP contribution in [-0.4, -0.2) is 45.1 Å². The zero-order chi connectivity index (χ0) is 15.3. The van der Waals surface area contributed by atoms with Gasteiger partial charge in [-0.25, -0.2) is 9.67 Å². The maximum Gasteiger partial charge on any atom is 0.160 e. The molecule has 0 amide bonds. The normalized spacial score (nSPS) is 12.4. The molecule has 0 unspecified atom stereocenters. The predicted octanol–water partition coefficient (Wildman–Crippen LogP) is 2.17. The fraction of sp³-hybridized carbons (Fsp3) is 0.800. The van der Waals surface area contributed by atoms with Crippen LogP contribution in [0.2, 0.25) is 0 Å². The van der Waals surface area contributed by atoms with Gasteiger partial charge in [-0.1, -0.05) is 27.7 Å². The summed E-state index contributed by atoms with van der Waals surface area (Å²) in [6.07, 6.45) is 3.52. The van der Waals surface area contributed by atoms with Crippen molar-refractivity contribution < 1.29 is 4.79 Å². The van der Waals surface area contributed by atoms with Crippen LogP contribution in [0.1, 0.15) is 46.4 Å². The van der Waals surface area contributed by atoms with Crippen LogP contribution >= 0.6 is 0 Å². The highest BCUT2D eigenvalue weighted by molar-refractivity contribution is 5.89.